The van der Waals surface area contributed by atoms with Crippen LogP contribution >= 0.6 is 7.26 Å². The maximum atomic E-state index is 13.8. The lowest BCUT2D eigenvalue weighted by atomic mass is 10.1. The van der Waals surface area contributed by atoms with Gasteiger partial charge in [0.25, 0.3) is 5.91 Å². The van der Waals surface area contributed by atoms with Gasteiger partial charge in [-0.05, 0) is 56.4 Å². The molecule has 1 aromatic carbocycles. The number of aryl methyl sites for hydroxylation is 2. The number of amides is 1. The molecule has 0 bridgehead atoms. The molecular formula is C25H43NO2P+. The van der Waals surface area contributed by atoms with Crippen molar-refractivity contribution in [3.63, 3.8) is 0 Å². The topological polar surface area (TPSA) is 38.3 Å². The third kappa shape index (κ3) is 5.35. The van der Waals surface area contributed by atoms with E-state index in [1.54, 1.807) is 7.11 Å². The first kappa shape index (κ1) is 24.2. The van der Waals surface area contributed by atoms with E-state index in [2.05, 4.69) is 39.9 Å². The molecule has 1 saturated carbocycles. The van der Waals surface area contributed by atoms with Crippen LogP contribution in [0.2, 0.25) is 0 Å². The SMILES string of the molecule is CCCC[P+](CCCC)(CCCC)C1(C(=O)Nc2c(C)cc(OC)cc2C)CC1. The smallest absolute Gasteiger partial charge is 0.268 e. The number of hydrogen-bond donors (Lipinski definition) is 1. The molecule has 3 nitrogen and oxygen atoms in total. The Morgan fingerprint density at radius 3 is 1.76 bits per heavy atom. The summed E-state index contributed by atoms with van der Waals surface area (Å²) in [7, 11) is 0.381. The number of nitrogens with one attached hydrogen (secondary N) is 1. The molecule has 0 heterocycles. The fraction of sp³-hybridized carbons (Fsp3) is 0.720. The fourth-order valence-corrected chi connectivity index (χ4v) is 11.1. The normalized spacial score (nSPS) is 15.2. The standard InChI is InChI=1S/C25H42NO2P/c1-7-10-15-29(16-11-8-2,17-12-9-3)25(13-14-25)24(27)26-23-20(4)18-22(28-6)19-21(23)5/h18-19H,7-17H2,1-6H3/p+1. The highest BCUT2D eigenvalue weighted by Gasteiger charge is 2.69. The minimum absolute atomic E-state index is 0.0642. The molecule has 0 unspecified atom stereocenters. The highest BCUT2D eigenvalue weighted by atomic mass is 31.2. The van der Waals surface area contributed by atoms with Gasteiger partial charge >= 0.3 is 0 Å². The molecule has 1 aliphatic carbocycles. The molecule has 0 spiro atoms. The van der Waals surface area contributed by atoms with E-state index in [0.717, 1.165) is 35.4 Å². The van der Waals surface area contributed by atoms with Crippen molar-refractivity contribution in [3.8, 4) is 5.75 Å². The van der Waals surface area contributed by atoms with Crippen LogP contribution in [-0.2, 0) is 4.79 Å². The highest BCUT2D eigenvalue weighted by molar-refractivity contribution is 7.78. The van der Waals surface area contributed by atoms with Crippen LogP contribution in [-0.4, -0.2) is 36.7 Å². The Morgan fingerprint density at radius 1 is 0.966 bits per heavy atom. The molecule has 1 N–H and O–H groups in total. The summed E-state index contributed by atoms with van der Waals surface area (Å²) in [5.41, 5.74) is 3.16. The molecule has 4 heteroatoms. The zero-order valence-corrected chi connectivity index (χ0v) is 20.6. The Bertz CT molecular complexity index is 637. The molecule has 0 saturated heterocycles. The van der Waals surface area contributed by atoms with Crippen molar-refractivity contribution in [2.45, 2.75) is 91.1 Å². The lowest BCUT2D eigenvalue weighted by Crippen LogP contribution is -2.36. The van der Waals surface area contributed by atoms with Gasteiger partial charge in [0.15, 0.2) is 5.16 Å². The van der Waals surface area contributed by atoms with Crippen LogP contribution in [0.1, 0.15) is 83.3 Å². The van der Waals surface area contributed by atoms with Crippen LogP contribution in [0.15, 0.2) is 12.1 Å². The molecule has 2 rings (SSSR count). The number of carbonyl (C=O) groups is 1. The largest absolute Gasteiger partial charge is 0.497 e. The number of unbranched alkanes of at least 4 members (excludes halogenated alkanes) is 3. The Labute approximate surface area is 179 Å². The van der Waals surface area contributed by atoms with Crippen LogP contribution < -0.4 is 10.1 Å². The summed E-state index contributed by atoms with van der Waals surface area (Å²) in [4.78, 5) is 13.8. The number of anilines is 1. The van der Waals surface area contributed by atoms with Gasteiger partial charge in [0.2, 0.25) is 0 Å². The maximum absolute atomic E-state index is 13.8. The molecule has 29 heavy (non-hydrogen) atoms. The zero-order valence-electron chi connectivity index (χ0n) is 19.7. The minimum Gasteiger partial charge on any atom is -0.497 e. The van der Waals surface area contributed by atoms with Gasteiger partial charge in [-0.3, -0.25) is 4.79 Å². The van der Waals surface area contributed by atoms with Gasteiger partial charge in [0.1, 0.15) is 5.75 Å². The van der Waals surface area contributed by atoms with Crippen LogP contribution in [0.4, 0.5) is 5.69 Å². The number of rotatable bonds is 13. The average Bonchev–Trinajstić information content (AvgIpc) is 3.52. The molecule has 1 fully saturated rings. The lowest BCUT2D eigenvalue weighted by molar-refractivity contribution is -0.116. The summed E-state index contributed by atoms with van der Waals surface area (Å²) in [6.45, 7) is 11.0. The van der Waals surface area contributed by atoms with Crippen molar-refractivity contribution in [2.75, 3.05) is 30.9 Å². The Morgan fingerprint density at radius 2 is 1.41 bits per heavy atom. The van der Waals surface area contributed by atoms with Gasteiger partial charge in [0.05, 0.1) is 25.6 Å². The monoisotopic (exact) mass is 420 g/mol. The summed E-state index contributed by atoms with van der Waals surface area (Å²) < 4.78 is 5.40. The van der Waals surface area contributed by atoms with Gasteiger partial charge in [-0.15, -0.1) is 0 Å². The number of benzene rings is 1. The van der Waals surface area contributed by atoms with E-state index in [0.29, 0.717) is 5.91 Å². The molecular weight excluding hydrogens is 377 g/mol. The third-order valence-electron chi connectivity index (χ3n) is 6.85. The predicted molar refractivity (Wildman–Crippen MR) is 129 cm³/mol. The van der Waals surface area contributed by atoms with E-state index in [1.807, 2.05) is 12.1 Å². The third-order valence-corrected chi connectivity index (χ3v) is 12.8. The van der Waals surface area contributed by atoms with Crippen LogP contribution in [0.25, 0.3) is 0 Å². The Balaban J connectivity index is 2.34. The van der Waals surface area contributed by atoms with Crippen molar-refractivity contribution >= 4 is 18.9 Å². The maximum Gasteiger partial charge on any atom is 0.268 e. The lowest BCUT2D eigenvalue weighted by Gasteiger charge is -2.35. The van der Waals surface area contributed by atoms with Gasteiger partial charge < -0.3 is 10.1 Å². The van der Waals surface area contributed by atoms with E-state index >= 15 is 0 Å². The van der Waals surface area contributed by atoms with Crippen molar-refractivity contribution in [3.05, 3.63) is 23.3 Å². The first-order chi connectivity index (χ1) is 13.9. The summed E-state index contributed by atoms with van der Waals surface area (Å²) in [5, 5.41) is 3.34. The van der Waals surface area contributed by atoms with Crippen LogP contribution in [0.5, 0.6) is 5.75 Å². The van der Waals surface area contributed by atoms with E-state index in [9.17, 15) is 4.79 Å². The molecule has 0 aromatic heterocycles. The number of methoxy groups -OCH3 is 1. The zero-order chi connectivity index (χ0) is 21.5. The molecule has 1 amide bonds. The predicted octanol–water partition coefficient (Wildman–Crippen LogP) is 7.20. The summed E-state index contributed by atoms with van der Waals surface area (Å²) in [6, 6.07) is 4.05. The van der Waals surface area contributed by atoms with E-state index in [1.165, 1.54) is 57.0 Å². The summed E-state index contributed by atoms with van der Waals surface area (Å²) >= 11 is 0. The molecule has 0 radical (unpaired) electrons. The fourth-order valence-electron chi connectivity index (χ4n) is 4.86. The molecule has 0 aliphatic heterocycles. The van der Waals surface area contributed by atoms with E-state index in [-0.39, 0.29) is 5.16 Å². The molecule has 0 atom stereocenters. The molecule has 1 aliphatic rings. The van der Waals surface area contributed by atoms with Crippen LogP contribution in [0, 0.1) is 13.8 Å². The van der Waals surface area contributed by atoms with Crippen molar-refractivity contribution in [2.24, 2.45) is 0 Å². The summed E-state index contributed by atoms with van der Waals surface area (Å²) in [5.74, 6) is 1.17. The first-order valence-corrected chi connectivity index (χ1v) is 14.1. The number of hydrogen-bond acceptors (Lipinski definition) is 2. The van der Waals surface area contributed by atoms with Crippen molar-refractivity contribution in [1.29, 1.82) is 0 Å². The first-order valence-electron chi connectivity index (χ1n) is 11.7. The van der Waals surface area contributed by atoms with Crippen LogP contribution in [0.3, 0.4) is 0 Å². The van der Waals surface area contributed by atoms with Crippen molar-refractivity contribution < 1.29 is 9.53 Å². The van der Waals surface area contributed by atoms with Gasteiger partial charge in [-0.25, -0.2) is 0 Å². The Hall–Kier alpha value is -1.08. The average molecular weight is 421 g/mol. The van der Waals surface area contributed by atoms with E-state index < -0.39 is 7.26 Å². The van der Waals surface area contributed by atoms with E-state index in [4.69, 9.17) is 4.74 Å². The quantitative estimate of drug-likeness (QED) is 0.343. The van der Waals surface area contributed by atoms with Gasteiger partial charge in [-0.2, -0.15) is 0 Å². The second-order valence-electron chi connectivity index (χ2n) is 9.00. The number of ether oxygens (including phenoxy) is 1. The summed E-state index contributed by atoms with van der Waals surface area (Å²) in [6.07, 6.45) is 13.6. The minimum atomic E-state index is -1.31. The number of carbonyl (C=O) groups excluding carboxylic acids is 1. The highest BCUT2D eigenvalue weighted by Crippen LogP contribution is 2.79. The molecule has 1 aromatic rings. The Kier molecular flexibility index (Phi) is 9.01. The molecule has 164 valence electrons. The second kappa shape index (κ2) is 10.8. The van der Waals surface area contributed by atoms with Gasteiger partial charge in [-0.1, -0.05) is 40.0 Å². The second-order valence-corrected chi connectivity index (χ2v) is 13.5. The van der Waals surface area contributed by atoms with Crippen molar-refractivity contribution in [1.82, 2.24) is 0 Å². The van der Waals surface area contributed by atoms with Gasteiger partial charge in [0, 0.05) is 25.8 Å².